The molecule has 0 atom stereocenters. The zero-order valence-corrected chi connectivity index (χ0v) is 15.9. The van der Waals surface area contributed by atoms with Gasteiger partial charge in [-0.15, -0.1) is 0 Å². The van der Waals surface area contributed by atoms with Crippen molar-refractivity contribution in [2.45, 2.75) is 13.8 Å². The summed E-state index contributed by atoms with van der Waals surface area (Å²) in [6.07, 6.45) is 0. The van der Waals surface area contributed by atoms with Crippen molar-refractivity contribution in [3.63, 3.8) is 0 Å². The zero-order valence-electron chi connectivity index (χ0n) is 15.9. The van der Waals surface area contributed by atoms with E-state index in [1.165, 1.54) is 18.7 Å². The molecule has 142 valence electrons. The van der Waals surface area contributed by atoms with Crippen molar-refractivity contribution in [2.75, 3.05) is 41.1 Å². The van der Waals surface area contributed by atoms with Crippen LogP contribution in [0.25, 0.3) is 0 Å². The lowest BCUT2D eigenvalue weighted by Crippen LogP contribution is -2.36. The first-order valence-electron chi connectivity index (χ1n) is 8.49. The number of anilines is 4. The topological polar surface area (TPSA) is 81.8 Å². The van der Waals surface area contributed by atoms with Crippen LogP contribution in [0.2, 0.25) is 0 Å². The first-order valence-corrected chi connectivity index (χ1v) is 8.49. The molecule has 0 aliphatic heterocycles. The van der Waals surface area contributed by atoms with Gasteiger partial charge in [-0.25, -0.2) is 0 Å². The van der Waals surface area contributed by atoms with Crippen LogP contribution in [0.3, 0.4) is 0 Å². The largest absolute Gasteiger partial charge is 0.378 e. The summed E-state index contributed by atoms with van der Waals surface area (Å²) in [5, 5.41) is 5.41. The fourth-order valence-corrected chi connectivity index (χ4v) is 2.50. The van der Waals surface area contributed by atoms with Crippen molar-refractivity contribution < 1.29 is 14.4 Å². The summed E-state index contributed by atoms with van der Waals surface area (Å²) in [6.45, 7) is 2.76. The third-order valence-electron chi connectivity index (χ3n) is 3.85. The van der Waals surface area contributed by atoms with Crippen LogP contribution in [0, 0.1) is 0 Å². The number of benzene rings is 2. The Morgan fingerprint density at radius 2 is 1.26 bits per heavy atom. The minimum atomic E-state index is -0.311. The van der Waals surface area contributed by atoms with E-state index < -0.39 is 0 Å². The quantitative estimate of drug-likeness (QED) is 0.821. The number of hydrogen-bond donors (Lipinski definition) is 2. The number of carbonyl (C=O) groups is 3. The summed E-state index contributed by atoms with van der Waals surface area (Å²) in [5.41, 5.74) is 2.89. The van der Waals surface area contributed by atoms with Crippen molar-refractivity contribution in [3.05, 3.63) is 48.5 Å². The maximum atomic E-state index is 12.4. The van der Waals surface area contributed by atoms with Gasteiger partial charge >= 0.3 is 0 Å². The SMILES string of the molecule is CC(=O)Nc1ccc(NC(=O)CN(C(C)=O)c2ccc(N(C)C)cc2)cc1. The van der Waals surface area contributed by atoms with Crippen molar-refractivity contribution >= 4 is 40.5 Å². The second-order valence-electron chi connectivity index (χ2n) is 6.32. The summed E-state index contributed by atoms with van der Waals surface area (Å²) in [4.78, 5) is 38.8. The Morgan fingerprint density at radius 3 is 1.70 bits per heavy atom. The second kappa shape index (κ2) is 8.84. The molecule has 7 nitrogen and oxygen atoms in total. The third-order valence-corrected chi connectivity index (χ3v) is 3.85. The fourth-order valence-electron chi connectivity index (χ4n) is 2.50. The Balaban J connectivity index is 2.04. The number of hydrogen-bond acceptors (Lipinski definition) is 4. The van der Waals surface area contributed by atoms with Crippen LogP contribution in [0.5, 0.6) is 0 Å². The molecule has 0 saturated heterocycles. The minimum absolute atomic E-state index is 0.0932. The molecule has 2 aromatic carbocycles. The van der Waals surface area contributed by atoms with Gasteiger partial charge in [0.1, 0.15) is 6.54 Å². The van der Waals surface area contributed by atoms with Gasteiger partial charge in [0, 0.05) is 50.7 Å². The number of carbonyl (C=O) groups excluding carboxylic acids is 3. The molecule has 0 radical (unpaired) electrons. The van der Waals surface area contributed by atoms with Crippen molar-refractivity contribution in [1.29, 1.82) is 0 Å². The molecule has 0 aliphatic rings. The van der Waals surface area contributed by atoms with Gasteiger partial charge in [0.2, 0.25) is 17.7 Å². The van der Waals surface area contributed by atoms with Crippen LogP contribution in [0.15, 0.2) is 48.5 Å². The first-order chi connectivity index (χ1) is 12.8. The summed E-state index contributed by atoms with van der Waals surface area (Å²) < 4.78 is 0. The predicted octanol–water partition coefficient (Wildman–Crippen LogP) is 2.70. The molecule has 2 rings (SSSR count). The molecule has 27 heavy (non-hydrogen) atoms. The lowest BCUT2D eigenvalue weighted by atomic mass is 10.2. The molecule has 0 bridgehead atoms. The molecule has 3 amide bonds. The van der Waals surface area contributed by atoms with Crippen molar-refractivity contribution in [2.24, 2.45) is 0 Å². The van der Waals surface area contributed by atoms with E-state index in [4.69, 9.17) is 0 Å². The molecule has 0 heterocycles. The normalized spacial score (nSPS) is 10.1. The lowest BCUT2D eigenvalue weighted by Gasteiger charge is -2.22. The molecule has 2 aromatic rings. The first kappa shape index (κ1) is 20.0. The smallest absolute Gasteiger partial charge is 0.244 e. The number of rotatable bonds is 6. The van der Waals surface area contributed by atoms with E-state index in [2.05, 4.69) is 10.6 Å². The highest BCUT2D eigenvalue weighted by Gasteiger charge is 2.16. The van der Waals surface area contributed by atoms with E-state index >= 15 is 0 Å². The second-order valence-corrected chi connectivity index (χ2v) is 6.32. The Hall–Kier alpha value is -3.35. The molecule has 0 aliphatic carbocycles. The van der Waals surface area contributed by atoms with E-state index in [1.54, 1.807) is 24.3 Å². The van der Waals surface area contributed by atoms with Crippen LogP contribution >= 0.6 is 0 Å². The summed E-state index contributed by atoms with van der Waals surface area (Å²) in [7, 11) is 3.87. The van der Waals surface area contributed by atoms with Crippen LogP contribution in [-0.2, 0) is 14.4 Å². The van der Waals surface area contributed by atoms with Crippen LogP contribution in [0.4, 0.5) is 22.7 Å². The highest BCUT2D eigenvalue weighted by molar-refractivity contribution is 6.02. The molecule has 0 unspecified atom stereocenters. The van der Waals surface area contributed by atoms with Crippen LogP contribution < -0.4 is 20.4 Å². The highest BCUT2D eigenvalue weighted by atomic mass is 16.2. The average Bonchev–Trinajstić information content (AvgIpc) is 2.61. The summed E-state index contributed by atoms with van der Waals surface area (Å²) in [6, 6.07) is 14.2. The van der Waals surface area contributed by atoms with Gasteiger partial charge in [-0.1, -0.05) is 0 Å². The number of nitrogens with zero attached hydrogens (tertiary/aromatic N) is 2. The Kier molecular flexibility index (Phi) is 6.54. The fraction of sp³-hybridized carbons (Fsp3) is 0.250. The summed E-state index contributed by atoms with van der Waals surface area (Å²) >= 11 is 0. The van der Waals surface area contributed by atoms with Crippen LogP contribution in [0.1, 0.15) is 13.8 Å². The van der Waals surface area contributed by atoms with E-state index in [9.17, 15) is 14.4 Å². The van der Waals surface area contributed by atoms with Crippen LogP contribution in [-0.4, -0.2) is 38.4 Å². The lowest BCUT2D eigenvalue weighted by molar-refractivity contribution is -0.120. The monoisotopic (exact) mass is 368 g/mol. The van der Waals surface area contributed by atoms with Gasteiger partial charge in [-0.2, -0.15) is 0 Å². The molecule has 0 fully saturated rings. The van der Waals surface area contributed by atoms with Gasteiger partial charge in [0.05, 0.1) is 0 Å². The Morgan fingerprint density at radius 1 is 0.778 bits per heavy atom. The van der Waals surface area contributed by atoms with Gasteiger partial charge in [0.15, 0.2) is 0 Å². The van der Waals surface area contributed by atoms with Gasteiger partial charge < -0.3 is 20.4 Å². The van der Waals surface area contributed by atoms with E-state index in [1.807, 2.05) is 43.3 Å². The van der Waals surface area contributed by atoms with E-state index in [0.717, 1.165) is 5.69 Å². The van der Waals surface area contributed by atoms with Crippen molar-refractivity contribution in [3.8, 4) is 0 Å². The maximum Gasteiger partial charge on any atom is 0.244 e. The molecule has 0 aromatic heterocycles. The molecule has 0 spiro atoms. The van der Waals surface area contributed by atoms with Gasteiger partial charge in [-0.3, -0.25) is 14.4 Å². The highest BCUT2D eigenvalue weighted by Crippen LogP contribution is 2.20. The van der Waals surface area contributed by atoms with E-state index in [-0.39, 0.29) is 24.3 Å². The average molecular weight is 368 g/mol. The Labute approximate surface area is 159 Å². The number of amides is 3. The zero-order chi connectivity index (χ0) is 20.0. The summed E-state index contributed by atoms with van der Waals surface area (Å²) in [5.74, 6) is -0.693. The van der Waals surface area contributed by atoms with Gasteiger partial charge in [-0.05, 0) is 48.5 Å². The molecular weight excluding hydrogens is 344 g/mol. The van der Waals surface area contributed by atoms with Gasteiger partial charge in [0.25, 0.3) is 0 Å². The maximum absolute atomic E-state index is 12.4. The Bertz CT molecular complexity index is 814. The predicted molar refractivity (Wildman–Crippen MR) is 108 cm³/mol. The third kappa shape index (κ3) is 5.85. The molecule has 2 N–H and O–H groups in total. The minimum Gasteiger partial charge on any atom is -0.378 e. The molecule has 7 heteroatoms. The van der Waals surface area contributed by atoms with E-state index in [0.29, 0.717) is 17.1 Å². The standard InChI is InChI=1S/C20H24N4O3/c1-14(25)21-16-5-7-17(8-6-16)22-20(27)13-24(15(2)26)19-11-9-18(10-12-19)23(3)4/h5-12H,13H2,1-4H3,(H,21,25)(H,22,27). The molecular formula is C20H24N4O3. The number of nitrogens with one attached hydrogen (secondary N) is 2. The molecule has 0 saturated carbocycles. The van der Waals surface area contributed by atoms with Crippen molar-refractivity contribution in [1.82, 2.24) is 0 Å².